The van der Waals surface area contributed by atoms with Gasteiger partial charge in [-0.05, 0) is 15.9 Å². The Balaban J connectivity index is 2.84. The number of anilines is 1. The van der Waals surface area contributed by atoms with Crippen molar-refractivity contribution >= 4 is 32.0 Å². The first kappa shape index (κ1) is 13.3. The Bertz CT molecular complexity index is 430. The van der Waals surface area contributed by atoms with Crippen molar-refractivity contribution in [2.75, 3.05) is 17.8 Å². The summed E-state index contributed by atoms with van der Waals surface area (Å²) < 4.78 is 27.8. The SMILES string of the molecule is CCN(CC)S(=O)(=O)Nc1cnc(Br)cn1. The van der Waals surface area contributed by atoms with Gasteiger partial charge in [0.2, 0.25) is 0 Å². The third-order valence-corrected chi connectivity index (χ3v) is 3.97. The van der Waals surface area contributed by atoms with Crippen molar-refractivity contribution in [3.05, 3.63) is 17.0 Å². The maximum Gasteiger partial charge on any atom is 0.302 e. The van der Waals surface area contributed by atoms with Gasteiger partial charge in [-0.3, -0.25) is 4.72 Å². The zero-order valence-electron chi connectivity index (χ0n) is 9.01. The van der Waals surface area contributed by atoms with Crippen LogP contribution in [0.2, 0.25) is 0 Å². The molecule has 1 rings (SSSR count). The molecule has 0 amide bonds. The van der Waals surface area contributed by atoms with Crippen molar-refractivity contribution in [3.8, 4) is 0 Å². The summed E-state index contributed by atoms with van der Waals surface area (Å²) in [5.41, 5.74) is 0. The summed E-state index contributed by atoms with van der Waals surface area (Å²) in [6.45, 7) is 4.37. The van der Waals surface area contributed by atoms with Gasteiger partial charge in [0.1, 0.15) is 4.60 Å². The highest BCUT2D eigenvalue weighted by molar-refractivity contribution is 9.10. The van der Waals surface area contributed by atoms with E-state index in [4.69, 9.17) is 0 Å². The first-order valence-corrected chi connectivity index (χ1v) is 6.98. The van der Waals surface area contributed by atoms with Gasteiger partial charge in [-0.1, -0.05) is 13.8 Å². The van der Waals surface area contributed by atoms with Crippen molar-refractivity contribution in [3.63, 3.8) is 0 Å². The summed E-state index contributed by atoms with van der Waals surface area (Å²) in [6.07, 6.45) is 2.78. The molecule has 1 N–H and O–H groups in total. The Hall–Kier alpha value is -0.730. The number of aromatic nitrogens is 2. The molecule has 0 atom stereocenters. The average Bonchev–Trinajstić information content (AvgIpc) is 2.22. The Morgan fingerprint density at radius 3 is 2.38 bits per heavy atom. The molecule has 6 nitrogen and oxygen atoms in total. The van der Waals surface area contributed by atoms with E-state index in [1.807, 2.05) is 0 Å². The van der Waals surface area contributed by atoms with E-state index in [1.54, 1.807) is 13.8 Å². The number of hydrogen-bond donors (Lipinski definition) is 1. The van der Waals surface area contributed by atoms with E-state index in [2.05, 4.69) is 30.6 Å². The van der Waals surface area contributed by atoms with Crippen molar-refractivity contribution in [2.24, 2.45) is 0 Å². The molecule has 0 aliphatic rings. The van der Waals surface area contributed by atoms with E-state index in [1.165, 1.54) is 16.7 Å². The van der Waals surface area contributed by atoms with Crippen LogP contribution in [0, 0.1) is 0 Å². The van der Waals surface area contributed by atoms with Gasteiger partial charge in [0.15, 0.2) is 5.82 Å². The fourth-order valence-corrected chi connectivity index (χ4v) is 2.51. The van der Waals surface area contributed by atoms with E-state index >= 15 is 0 Å². The molecule has 8 heteroatoms. The van der Waals surface area contributed by atoms with Gasteiger partial charge in [0, 0.05) is 13.1 Å². The Labute approximate surface area is 103 Å². The van der Waals surface area contributed by atoms with Crippen LogP contribution in [-0.4, -0.2) is 35.8 Å². The quantitative estimate of drug-likeness (QED) is 0.888. The molecule has 90 valence electrons. The molecule has 0 aliphatic heterocycles. The number of rotatable bonds is 5. The predicted octanol–water partition coefficient (Wildman–Crippen LogP) is 1.24. The molecule has 0 fully saturated rings. The molecule has 0 spiro atoms. The highest BCUT2D eigenvalue weighted by Crippen LogP contribution is 2.09. The van der Waals surface area contributed by atoms with Crippen molar-refractivity contribution < 1.29 is 8.42 Å². The maximum atomic E-state index is 11.8. The minimum atomic E-state index is -3.52. The smallest absolute Gasteiger partial charge is 0.253 e. The highest BCUT2D eigenvalue weighted by atomic mass is 79.9. The fourth-order valence-electron chi connectivity index (χ4n) is 1.13. The normalized spacial score (nSPS) is 11.8. The number of hydrogen-bond acceptors (Lipinski definition) is 4. The van der Waals surface area contributed by atoms with Gasteiger partial charge >= 0.3 is 10.2 Å². The molecule has 0 saturated carbocycles. The summed E-state index contributed by atoms with van der Waals surface area (Å²) in [7, 11) is -3.52. The van der Waals surface area contributed by atoms with E-state index in [-0.39, 0.29) is 5.82 Å². The van der Waals surface area contributed by atoms with Gasteiger partial charge in [-0.25, -0.2) is 9.97 Å². The van der Waals surface area contributed by atoms with Gasteiger partial charge in [-0.2, -0.15) is 12.7 Å². The summed E-state index contributed by atoms with van der Waals surface area (Å²) >= 11 is 3.12. The third kappa shape index (κ3) is 3.39. The molecule has 1 aromatic heterocycles. The van der Waals surface area contributed by atoms with Crippen LogP contribution in [0.3, 0.4) is 0 Å². The molecule has 1 heterocycles. The number of nitrogens with zero attached hydrogens (tertiary/aromatic N) is 3. The molecular formula is C8H13BrN4O2S. The summed E-state index contributed by atoms with van der Waals surface area (Å²) in [6, 6.07) is 0. The fraction of sp³-hybridized carbons (Fsp3) is 0.500. The van der Waals surface area contributed by atoms with Crippen molar-refractivity contribution in [1.82, 2.24) is 14.3 Å². The second-order valence-electron chi connectivity index (χ2n) is 2.92. The second kappa shape index (κ2) is 5.55. The minimum Gasteiger partial charge on any atom is -0.253 e. The van der Waals surface area contributed by atoms with E-state index in [9.17, 15) is 8.42 Å². The number of halogens is 1. The van der Waals surface area contributed by atoms with Crippen LogP contribution in [0.15, 0.2) is 17.0 Å². The van der Waals surface area contributed by atoms with Gasteiger partial charge in [0.05, 0.1) is 12.4 Å². The van der Waals surface area contributed by atoms with Crippen LogP contribution in [0.1, 0.15) is 13.8 Å². The first-order chi connectivity index (χ1) is 7.49. The zero-order valence-corrected chi connectivity index (χ0v) is 11.4. The van der Waals surface area contributed by atoms with E-state index in [0.29, 0.717) is 17.7 Å². The first-order valence-electron chi connectivity index (χ1n) is 4.75. The monoisotopic (exact) mass is 308 g/mol. The van der Waals surface area contributed by atoms with Crippen LogP contribution in [0.25, 0.3) is 0 Å². The Morgan fingerprint density at radius 1 is 1.31 bits per heavy atom. The predicted molar refractivity (Wildman–Crippen MR) is 65.2 cm³/mol. The lowest BCUT2D eigenvalue weighted by Gasteiger charge is -2.18. The third-order valence-electron chi connectivity index (χ3n) is 1.90. The van der Waals surface area contributed by atoms with Crippen LogP contribution < -0.4 is 4.72 Å². The molecular weight excluding hydrogens is 296 g/mol. The minimum absolute atomic E-state index is 0.204. The van der Waals surface area contributed by atoms with E-state index in [0.717, 1.165) is 0 Å². The molecule has 0 saturated heterocycles. The summed E-state index contributed by atoms with van der Waals surface area (Å²) in [5.74, 6) is 0.204. The lowest BCUT2D eigenvalue weighted by atomic mass is 10.7. The van der Waals surface area contributed by atoms with Gasteiger partial charge in [0.25, 0.3) is 0 Å². The molecule has 0 radical (unpaired) electrons. The topological polar surface area (TPSA) is 75.2 Å². The van der Waals surface area contributed by atoms with Gasteiger partial charge < -0.3 is 0 Å². The zero-order chi connectivity index (χ0) is 12.2. The van der Waals surface area contributed by atoms with Crippen molar-refractivity contribution in [1.29, 1.82) is 0 Å². The van der Waals surface area contributed by atoms with Crippen LogP contribution >= 0.6 is 15.9 Å². The lowest BCUT2D eigenvalue weighted by molar-refractivity contribution is 0.449. The molecule has 0 aromatic carbocycles. The molecule has 0 unspecified atom stereocenters. The largest absolute Gasteiger partial charge is 0.302 e. The summed E-state index contributed by atoms with van der Waals surface area (Å²) in [5, 5.41) is 0. The molecule has 16 heavy (non-hydrogen) atoms. The summed E-state index contributed by atoms with van der Waals surface area (Å²) in [4.78, 5) is 7.77. The Morgan fingerprint density at radius 2 is 1.94 bits per heavy atom. The average molecular weight is 309 g/mol. The van der Waals surface area contributed by atoms with Crippen LogP contribution in [0.5, 0.6) is 0 Å². The molecule has 1 aromatic rings. The molecule has 0 bridgehead atoms. The van der Waals surface area contributed by atoms with Crippen LogP contribution in [0.4, 0.5) is 5.82 Å². The molecule has 0 aliphatic carbocycles. The highest BCUT2D eigenvalue weighted by Gasteiger charge is 2.18. The van der Waals surface area contributed by atoms with E-state index < -0.39 is 10.2 Å². The second-order valence-corrected chi connectivity index (χ2v) is 5.40. The maximum absolute atomic E-state index is 11.8. The number of nitrogens with one attached hydrogen (secondary N) is 1. The Kier molecular flexibility index (Phi) is 4.63. The van der Waals surface area contributed by atoms with Crippen LogP contribution in [-0.2, 0) is 10.2 Å². The standard InChI is InChI=1S/C8H13BrN4O2S/c1-3-13(4-2)16(14,15)12-8-6-10-7(9)5-11-8/h5-6H,3-4H2,1-2H3,(H,11,12). The lowest BCUT2D eigenvalue weighted by Crippen LogP contribution is -2.35. The van der Waals surface area contributed by atoms with Gasteiger partial charge in [-0.15, -0.1) is 0 Å². The van der Waals surface area contributed by atoms with Crippen molar-refractivity contribution in [2.45, 2.75) is 13.8 Å².